The third-order valence-corrected chi connectivity index (χ3v) is 5.02. The van der Waals surface area contributed by atoms with Crippen LogP contribution in [0.1, 0.15) is 15.9 Å². The van der Waals surface area contributed by atoms with E-state index in [0.717, 1.165) is 0 Å². The number of benzene rings is 1. The zero-order valence-electron chi connectivity index (χ0n) is 7.11. The normalized spacial score (nSPS) is 10.1. The number of hydrogen-bond donors (Lipinski definition) is 2. The Balaban J connectivity index is 3.75. The topological polar surface area (TPSA) is 86.2 Å². The number of amides is 1. The molecule has 0 fully saturated rings. The Morgan fingerprint density at radius 3 is 2.07 bits per heavy atom. The van der Waals surface area contributed by atoms with Crippen LogP contribution >= 0.6 is 67.8 Å². The largest absolute Gasteiger partial charge is 0.397 e. The number of nitrogen functional groups attached to an aromatic ring is 1. The fourth-order valence-corrected chi connectivity index (χ4v) is 4.91. The number of nitrogens with two attached hydrogens (primary N) is 2. The van der Waals surface area contributed by atoms with Crippen molar-refractivity contribution in [1.29, 1.82) is 0 Å². The minimum atomic E-state index is -0.594. The first-order valence-corrected chi connectivity index (χ1v) is 6.79. The maximum absolute atomic E-state index is 11.2. The Morgan fingerprint density at radius 1 is 1.13 bits per heavy atom. The molecule has 0 unspecified atom stereocenters. The van der Waals surface area contributed by atoms with Gasteiger partial charge < -0.3 is 11.5 Å². The molecule has 7 heteroatoms. The van der Waals surface area contributed by atoms with Gasteiger partial charge >= 0.3 is 0 Å². The van der Waals surface area contributed by atoms with Crippen molar-refractivity contribution in [2.45, 2.75) is 0 Å². The standard InChI is InChI=1S/C8H4I3N2O2/c9-4-2(1-14)5(10)7(12)6(11)3(4)8(13)15/h12H2,(H2,13,15). The molecule has 0 bridgehead atoms. The molecule has 0 aliphatic rings. The second-order valence-corrected chi connectivity index (χ2v) is 5.81. The van der Waals surface area contributed by atoms with E-state index < -0.39 is 5.91 Å². The van der Waals surface area contributed by atoms with E-state index in [4.69, 9.17) is 11.5 Å². The maximum atomic E-state index is 11.2. The molecule has 0 heterocycles. The molecule has 1 amide bonds. The minimum Gasteiger partial charge on any atom is -0.397 e. The fraction of sp³-hybridized carbons (Fsp3) is 0. The third kappa shape index (κ3) is 2.38. The van der Waals surface area contributed by atoms with Crippen molar-refractivity contribution in [1.82, 2.24) is 0 Å². The van der Waals surface area contributed by atoms with Gasteiger partial charge in [0, 0.05) is 7.14 Å². The molecular weight excluding hydrogens is 537 g/mol. The highest BCUT2D eigenvalue weighted by Crippen LogP contribution is 2.32. The average Bonchev–Trinajstić information content (AvgIpc) is 2.15. The first-order valence-electron chi connectivity index (χ1n) is 3.55. The number of anilines is 1. The molecule has 79 valence electrons. The molecule has 0 spiro atoms. The Kier molecular flexibility index (Phi) is 4.58. The SMILES string of the molecule is NC(=O)c1c(I)c(N)c(I)c([C]=O)c1I. The molecule has 0 aliphatic carbocycles. The number of rotatable bonds is 2. The Bertz CT molecular complexity index is 460. The van der Waals surface area contributed by atoms with Crippen molar-refractivity contribution >= 4 is 85.7 Å². The molecular formula is C8H4I3N2O2. The summed E-state index contributed by atoms with van der Waals surface area (Å²) in [4.78, 5) is 21.9. The van der Waals surface area contributed by atoms with Gasteiger partial charge in [-0.05, 0) is 67.8 Å². The molecule has 0 aliphatic heterocycles. The van der Waals surface area contributed by atoms with E-state index in [-0.39, 0.29) is 5.56 Å². The molecule has 1 aromatic carbocycles. The fourth-order valence-electron chi connectivity index (χ4n) is 0.989. The molecule has 4 N–H and O–H groups in total. The average molecular weight is 541 g/mol. The van der Waals surface area contributed by atoms with Crippen LogP contribution in [0.3, 0.4) is 0 Å². The summed E-state index contributed by atoms with van der Waals surface area (Å²) in [5.74, 6) is -0.594. The zero-order valence-corrected chi connectivity index (χ0v) is 13.6. The van der Waals surface area contributed by atoms with Gasteiger partial charge in [0.25, 0.3) is 5.91 Å². The first-order chi connectivity index (χ1) is 6.91. The lowest BCUT2D eigenvalue weighted by Crippen LogP contribution is -2.18. The van der Waals surface area contributed by atoms with Crippen LogP contribution in [0, 0.1) is 10.7 Å². The van der Waals surface area contributed by atoms with Crippen molar-refractivity contribution in [2.24, 2.45) is 5.73 Å². The van der Waals surface area contributed by atoms with Crippen LogP contribution in [-0.4, -0.2) is 12.2 Å². The van der Waals surface area contributed by atoms with Crippen LogP contribution in [0.2, 0.25) is 0 Å². The highest BCUT2D eigenvalue weighted by Gasteiger charge is 2.21. The summed E-state index contributed by atoms with van der Waals surface area (Å²) >= 11 is 5.78. The summed E-state index contributed by atoms with van der Waals surface area (Å²) in [6.45, 7) is 0. The smallest absolute Gasteiger partial charge is 0.250 e. The van der Waals surface area contributed by atoms with Crippen molar-refractivity contribution in [3.8, 4) is 0 Å². The summed E-state index contributed by atoms with van der Waals surface area (Å²) < 4.78 is 1.67. The van der Waals surface area contributed by atoms with Crippen LogP contribution in [0.15, 0.2) is 0 Å². The quantitative estimate of drug-likeness (QED) is 0.442. The predicted octanol–water partition coefficient (Wildman–Crippen LogP) is 1.64. The molecule has 0 saturated carbocycles. The Morgan fingerprint density at radius 2 is 1.67 bits per heavy atom. The van der Waals surface area contributed by atoms with Gasteiger partial charge in [-0.15, -0.1) is 0 Å². The molecule has 1 rings (SSSR count). The number of primary amides is 1. The van der Waals surface area contributed by atoms with Crippen molar-refractivity contribution in [3.05, 3.63) is 21.8 Å². The van der Waals surface area contributed by atoms with Crippen molar-refractivity contribution in [2.75, 3.05) is 5.73 Å². The lowest BCUT2D eigenvalue weighted by Gasteiger charge is -2.11. The van der Waals surface area contributed by atoms with Gasteiger partial charge in [0.2, 0.25) is 6.29 Å². The van der Waals surface area contributed by atoms with Crippen molar-refractivity contribution < 1.29 is 9.59 Å². The molecule has 0 atom stereocenters. The van der Waals surface area contributed by atoms with E-state index in [1.807, 2.05) is 67.8 Å². The van der Waals surface area contributed by atoms with Gasteiger partial charge in [-0.2, -0.15) is 0 Å². The van der Waals surface area contributed by atoms with Gasteiger partial charge in [-0.25, -0.2) is 0 Å². The lowest BCUT2D eigenvalue weighted by atomic mass is 10.1. The second-order valence-electron chi connectivity index (χ2n) is 2.57. The summed E-state index contributed by atoms with van der Waals surface area (Å²) in [5.41, 5.74) is 12.0. The second kappa shape index (κ2) is 5.12. The van der Waals surface area contributed by atoms with Crippen LogP contribution in [0.25, 0.3) is 0 Å². The van der Waals surface area contributed by atoms with Crippen LogP contribution in [-0.2, 0) is 4.79 Å². The van der Waals surface area contributed by atoms with E-state index in [0.29, 0.717) is 22.0 Å². The monoisotopic (exact) mass is 541 g/mol. The van der Waals surface area contributed by atoms with Gasteiger partial charge in [-0.3, -0.25) is 9.59 Å². The molecule has 0 saturated heterocycles. The maximum Gasteiger partial charge on any atom is 0.250 e. The Labute approximate surface area is 127 Å². The van der Waals surface area contributed by atoms with Gasteiger partial charge in [0.15, 0.2) is 0 Å². The summed E-state index contributed by atoms with van der Waals surface area (Å²) in [7, 11) is 0. The molecule has 1 radical (unpaired) electrons. The summed E-state index contributed by atoms with van der Waals surface area (Å²) in [6, 6.07) is 0. The molecule has 4 nitrogen and oxygen atoms in total. The van der Waals surface area contributed by atoms with E-state index in [9.17, 15) is 9.59 Å². The van der Waals surface area contributed by atoms with E-state index in [1.165, 1.54) is 0 Å². The van der Waals surface area contributed by atoms with Gasteiger partial charge in [-0.1, -0.05) is 0 Å². The lowest BCUT2D eigenvalue weighted by molar-refractivity contribution is 0.0998. The predicted molar refractivity (Wildman–Crippen MR) is 82.3 cm³/mol. The molecule has 0 aromatic heterocycles. The first kappa shape index (κ1) is 13.4. The van der Waals surface area contributed by atoms with E-state index >= 15 is 0 Å². The van der Waals surface area contributed by atoms with E-state index in [2.05, 4.69) is 0 Å². The van der Waals surface area contributed by atoms with Crippen LogP contribution < -0.4 is 11.5 Å². The highest BCUT2D eigenvalue weighted by atomic mass is 127. The van der Waals surface area contributed by atoms with Crippen molar-refractivity contribution in [3.63, 3.8) is 0 Å². The zero-order chi connectivity index (χ0) is 11.7. The Hall–Kier alpha value is 0.350. The van der Waals surface area contributed by atoms with Gasteiger partial charge in [0.1, 0.15) is 0 Å². The number of hydrogen-bond acceptors (Lipinski definition) is 3. The third-order valence-electron chi connectivity index (χ3n) is 1.70. The summed E-state index contributed by atoms with van der Waals surface area (Å²) in [6.07, 6.45) is 1.77. The number of halogens is 3. The molecule has 15 heavy (non-hydrogen) atoms. The highest BCUT2D eigenvalue weighted by molar-refractivity contribution is 14.1. The van der Waals surface area contributed by atoms with Gasteiger partial charge in [0.05, 0.1) is 20.4 Å². The molecule has 1 aromatic rings. The van der Waals surface area contributed by atoms with Crippen LogP contribution in [0.5, 0.6) is 0 Å². The van der Waals surface area contributed by atoms with E-state index in [1.54, 1.807) is 6.29 Å². The number of carbonyl (C=O) groups excluding carboxylic acids is 2. The minimum absolute atomic E-state index is 0.285. The summed E-state index contributed by atoms with van der Waals surface area (Å²) in [5, 5.41) is 0. The van der Waals surface area contributed by atoms with Crippen LogP contribution in [0.4, 0.5) is 5.69 Å². The number of carbonyl (C=O) groups is 1.